The lowest BCUT2D eigenvalue weighted by atomic mass is 9.77. The number of aliphatic imine (C=N–C) groups is 2. The minimum atomic E-state index is -0.544. The van der Waals surface area contributed by atoms with Gasteiger partial charge in [-0.3, -0.25) is 14.6 Å². The zero-order chi connectivity index (χ0) is 22.8. The van der Waals surface area contributed by atoms with Crippen molar-refractivity contribution in [3.63, 3.8) is 0 Å². The molecule has 0 saturated carbocycles. The van der Waals surface area contributed by atoms with Crippen molar-refractivity contribution in [2.45, 2.75) is 38.5 Å². The van der Waals surface area contributed by atoms with E-state index in [4.69, 9.17) is 10.1 Å². The van der Waals surface area contributed by atoms with Gasteiger partial charge in [0.1, 0.15) is 6.21 Å². The first-order valence-electron chi connectivity index (χ1n) is 11.4. The molecular formula is C23H27N8O2+. The number of nitrogens with zero attached hydrogens (tertiary/aromatic N) is 5. The van der Waals surface area contributed by atoms with Crippen molar-refractivity contribution in [3.05, 3.63) is 36.2 Å². The minimum absolute atomic E-state index is 0.00472. The zero-order valence-electron chi connectivity index (χ0n) is 18.8. The maximum absolute atomic E-state index is 12.4. The van der Waals surface area contributed by atoms with Gasteiger partial charge in [0.15, 0.2) is 6.20 Å². The van der Waals surface area contributed by atoms with E-state index in [1.54, 1.807) is 12.4 Å². The number of benzene rings is 1. The SMILES string of the molecule is CC1(C)C(=O)Nc2cc(NC3=N[N+]4(N5CCC6(CCNC6=O)CC5)C=CN=CC4=N3)ccc21. The second-order valence-electron chi connectivity index (χ2n) is 9.82. The van der Waals surface area contributed by atoms with Crippen LogP contribution >= 0.6 is 0 Å². The molecule has 2 fully saturated rings. The van der Waals surface area contributed by atoms with Crippen molar-refractivity contribution in [2.75, 3.05) is 30.3 Å². The number of carbonyl (C=O) groups excluding carboxylic acids is 2. The van der Waals surface area contributed by atoms with Crippen molar-refractivity contribution in [1.29, 1.82) is 0 Å². The lowest BCUT2D eigenvalue weighted by Crippen LogP contribution is -2.60. The number of fused-ring (bicyclic) bond motifs is 2. The van der Waals surface area contributed by atoms with Crippen LogP contribution in [0.5, 0.6) is 0 Å². The van der Waals surface area contributed by atoms with E-state index < -0.39 is 5.41 Å². The fourth-order valence-corrected chi connectivity index (χ4v) is 5.44. The first-order chi connectivity index (χ1) is 15.8. The molecule has 2 saturated heterocycles. The van der Waals surface area contributed by atoms with Gasteiger partial charge >= 0.3 is 5.84 Å². The summed E-state index contributed by atoms with van der Waals surface area (Å²) in [5.74, 6) is 1.37. The van der Waals surface area contributed by atoms with Crippen LogP contribution in [0.15, 0.2) is 45.7 Å². The van der Waals surface area contributed by atoms with Gasteiger partial charge in [-0.1, -0.05) is 6.07 Å². The van der Waals surface area contributed by atoms with Crippen LogP contribution in [0, 0.1) is 5.41 Å². The number of guanidine groups is 1. The summed E-state index contributed by atoms with van der Waals surface area (Å²) in [6.45, 7) is 6.08. The molecular weight excluding hydrogens is 420 g/mol. The molecule has 1 spiro atoms. The topological polar surface area (TPSA) is 111 Å². The van der Waals surface area contributed by atoms with Crippen LogP contribution in [0.2, 0.25) is 0 Å². The summed E-state index contributed by atoms with van der Waals surface area (Å²) in [6, 6.07) is 5.83. The maximum Gasteiger partial charge on any atom is 0.301 e. The molecule has 1 aromatic rings. The molecule has 1 unspecified atom stereocenters. The molecule has 33 heavy (non-hydrogen) atoms. The average molecular weight is 448 g/mol. The van der Waals surface area contributed by atoms with Crippen LogP contribution in [0.4, 0.5) is 11.4 Å². The predicted molar refractivity (Wildman–Crippen MR) is 125 cm³/mol. The summed E-state index contributed by atoms with van der Waals surface area (Å²) < 4.78 is 0.123. The van der Waals surface area contributed by atoms with E-state index in [0.717, 1.165) is 55.8 Å². The molecule has 5 aliphatic rings. The zero-order valence-corrected chi connectivity index (χ0v) is 18.8. The highest BCUT2D eigenvalue weighted by atomic mass is 16.2. The highest BCUT2D eigenvalue weighted by Crippen LogP contribution is 2.41. The third-order valence-corrected chi connectivity index (χ3v) is 7.62. The number of amides is 2. The van der Waals surface area contributed by atoms with E-state index in [1.807, 2.05) is 38.2 Å². The molecule has 10 nitrogen and oxygen atoms in total. The maximum atomic E-state index is 12.4. The molecule has 170 valence electrons. The monoisotopic (exact) mass is 447 g/mol. The van der Waals surface area contributed by atoms with E-state index in [9.17, 15) is 9.59 Å². The van der Waals surface area contributed by atoms with Gasteiger partial charge in [-0.05, 0) is 60.6 Å². The van der Waals surface area contributed by atoms with Crippen LogP contribution < -0.4 is 16.0 Å². The van der Waals surface area contributed by atoms with Gasteiger partial charge in [-0.2, -0.15) is 0 Å². The first-order valence-corrected chi connectivity index (χ1v) is 11.4. The molecule has 1 aromatic carbocycles. The standard InChI is InChI=1S/C23H26N8O2/c1-22(2)16-4-3-15(13-17(16)27-19(22)32)26-21-28-18-14-24-9-12-31(18,29-21)30-10-6-23(7-11-30)5-8-25-20(23)33/h3-4,9,12-14H,5-8,10-11H2,1-2H3,(H2-,25,26,27,29,32,33)/p+1. The van der Waals surface area contributed by atoms with Crippen LogP contribution in [0.3, 0.4) is 0 Å². The Morgan fingerprint density at radius 2 is 1.94 bits per heavy atom. The average Bonchev–Trinajstić information content (AvgIpc) is 3.41. The molecule has 5 aliphatic heterocycles. The van der Waals surface area contributed by atoms with Crippen LogP contribution in [0.1, 0.15) is 38.7 Å². The first kappa shape index (κ1) is 20.3. The van der Waals surface area contributed by atoms with Crippen LogP contribution in [-0.4, -0.2) is 59.2 Å². The van der Waals surface area contributed by atoms with Gasteiger partial charge < -0.3 is 16.0 Å². The Bertz CT molecular complexity index is 1190. The number of hydrogen-bond acceptors (Lipinski definition) is 7. The Morgan fingerprint density at radius 3 is 2.70 bits per heavy atom. The van der Waals surface area contributed by atoms with Crippen molar-refractivity contribution >= 4 is 41.2 Å². The van der Waals surface area contributed by atoms with Gasteiger partial charge in [0.25, 0.3) is 5.96 Å². The van der Waals surface area contributed by atoms with E-state index in [-0.39, 0.29) is 21.9 Å². The molecule has 0 radical (unpaired) electrons. The van der Waals surface area contributed by atoms with Gasteiger partial charge in [0.2, 0.25) is 11.8 Å². The highest BCUT2D eigenvalue weighted by molar-refractivity contribution is 6.30. The van der Waals surface area contributed by atoms with Gasteiger partial charge in [0.05, 0.1) is 30.1 Å². The molecule has 6 rings (SSSR count). The Hall–Kier alpha value is -3.37. The summed E-state index contributed by atoms with van der Waals surface area (Å²) in [5, 5.41) is 16.4. The Morgan fingerprint density at radius 1 is 1.12 bits per heavy atom. The van der Waals surface area contributed by atoms with E-state index >= 15 is 0 Å². The van der Waals surface area contributed by atoms with Crippen LogP contribution in [0.25, 0.3) is 0 Å². The minimum Gasteiger partial charge on any atom is -0.356 e. The molecule has 10 heteroatoms. The fraction of sp³-hybridized carbons (Fsp3) is 0.435. The molecule has 0 aliphatic carbocycles. The largest absolute Gasteiger partial charge is 0.356 e. The lowest BCUT2D eigenvalue weighted by molar-refractivity contribution is -0.919. The van der Waals surface area contributed by atoms with Gasteiger partial charge in [-0.15, -0.1) is 10.0 Å². The quantitative estimate of drug-likeness (QED) is 0.602. The number of carbonyl (C=O) groups is 2. The molecule has 0 aromatic heterocycles. The van der Waals surface area contributed by atoms with Crippen molar-refractivity contribution < 1.29 is 14.3 Å². The second-order valence-corrected chi connectivity index (χ2v) is 9.82. The smallest absolute Gasteiger partial charge is 0.301 e. The third kappa shape index (κ3) is 2.90. The molecule has 3 N–H and O–H groups in total. The Kier molecular flexibility index (Phi) is 4.18. The second kappa shape index (κ2) is 6.82. The Labute approximate surface area is 191 Å². The number of amidine groups is 1. The number of rotatable bonds is 2. The lowest BCUT2D eigenvalue weighted by Gasteiger charge is -2.41. The van der Waals surface area contributed by atoms with E-state index in [0.29, 0.717) is 11.8 Å². The van der Waals surface area contributed by atoms with Crippen molar-refractivity contribution in [1.82, 2.24) is 10.3 Å². The number of quaternary nitrogens is 1. The third-order valence-electron chi connectivity index (χ3n) is 7.62. The Balaban J connectivity index is 1.25. The summed E-state index contributed by atoms with van der Waals surface area (Å²) >= 11 is 0. The van der Waals surface area contributed by atoms with E-state index in [1.165, 1.54) is 0 Å². The van der Waals surface area contributed by atoms with Crippen LogP contribution in [-0.2, 0) is 15.0 Å². The number of nitrogens with one attached hydrogen (secondary N) is 3. The summed E-state index contributed by atoms with van der Waals surface area (Å²) in [7, 11) is 0. The molecule has 0 bridgehead atoms. The summed E-state index contributed by atoms with van der Waals surface area (Å²) in [4.78, 5) is 33.7. The highest BCUT2D eigenvalue weighted by Gasteiger charge is 2.52. The van der Waals surface area contributed by atoms with E-state index in [2.05, 4.69) is 26.0 Å². The van der Waals surface area contributed by atoms with Crippen molar-refractivity contribution in [3.8, 4) is 0 Å². The predicted octanol–water partition coefficient (Wildman–Crippen LogP) is 1.90. The number of piperidine rings is 1. The molecule has 1 atom stereocenters. The normalized spacial score (nSPS) is 28.8. The van der Waals surface area contributed by atoms with Crippen molar-refractivity contribution in [2.24, 2.45) is 20.5 Å². The summed E-state index contributed by atoms with van der Waals surface area (Å²) in [6.07, 6.45) is 7.90. The summed E-state index contributed by atoms with van der Waals surface area (Å²) in [5.41, 5.74) is 1.80. The molecule has 5 heterocycles. The van der Waals surface area contributed by atoms with Gasteiger partial charge in [-0.25, -0.2) is 0 Å². The van der Waals surface area contributed by atoms with Gasteiger partial charge in [0, 0.05) is 17.9 Å². The fourth-order valence-electron chi connectivity index (χ4n) is 5.44. The number of hydrogen-bond donors (Lipinski definition) is 3. The number of anilines is 2. The molecule has 2 amide bonds.